The van der Waals surface area contributed by atoms with Crippen LogP contribution in [-0.2, 0) is 0 Å². The molecule has 0 saturated heterocycles. The van der Waals surface area contributed by atoms with Gasteiger partial charge in [-0.15, -0.1) is 10.2 Å². The lowest BCUT2D eigenvalue weighted by molar-refractivity contribution is 1.10. The number of pyridine rings is 1. The van der Waals surface area contributed by atoms with Gasteiger partial charge in [0.2, 0.25) is 0 Å². The molecular formula is C12H7BrClN3. The molecule has 3 rings (SSSR count). The minimum Gasteiger partial charge on any atom is -0.269 e. The van der Waals surface area contributed by atoms with Crippen molar-refractivity contribution in [3.8, 4) is 11.4 Å². The average molecular weight is 309 g/mol. The summed E-state index contributed by atoms with van der Waals surface area (Å²) in [4.78, 5) is 0. The van der Waals surface area contributed by atoms with Crippen LogP contribution in [0.2, 0.25) is 5.02 Å². The molecule has 84 valence electrons. The first-order valence-electron chi connectivity index (χ1n) is 5.01. The van der Waals surface area contributed by atoms with Crippen LogP contribution >= 0.6 is 27.5 Å². The summed E-state index contributed by atoms with van der Waals surface area (Å²) in [7, 11) is 0. The van der Waals surface area contributed by atoms with Crippen LogP contribution in [0.3, 0.4) is 0 Å². The molecule has 0 amide bonds. The lowest BCUT2D eigenvalue weighted by Gasteiger charge is -2.02. The van der Waals surface area contributed by atoms with Gasteiger partial charge in [0, 0.05) is 10.6 Å². The molecule has 0 spiro atoms. The molecule has 2 aromatic heterocycles. The topological polar surface area (TPSA) is 30.2 Å². The highest BCUT2D eigenvalue weighted by Gasteiger charge is 2.09. The SMILES string of the molecule is Clc1cccc(-c2nnc3cccc(Br)n23)c1. The monoisotopic (exact) mass is 307 g/mol. The van der Waals surface area contributed by atoms with Crippen LogP contribution in [-0.4, -0.2) is 14.6 Å². The summed E-state index contributed by atoms with van der Waals surface area (Å²) in [5, 5.41) is 9.00. The Hall–Kier alpha value is -1.39. The molecule has 0 atom stereocenters. The Morgan fingerprint density at radius 2 is 1.88 bits per heavy atom. The second kappa shape index (κ2) is 4.13. The molecule has 0 unspecified atom stereocenters. The summed E-state index contributed by atoms with van der Waals surface area (Å²) < 4.78 is 2.85. The van der Waals surface area contributed by atoms with Crippen molar-refractivity contribution in [2.45, 2.75) is 0 Å². The molecule has 3 aromatic rings. The highest BCUT2D eigenvalue weighted by molar-refractivity contribution is 9.10. The van der Waals surface area contributed by atoms with Crippen molar-refractivity contribution in [3.63, 3.8) is 0 Å². The van der Waals surface area contributed by atoms with Crippen LogP contribution in [0.4, 0.5) is 0 Å². The fourth-order valence-electron chi connectivity index (χ4n) is 1.72. The van der Waals surface area contributed by atoms with Crippen molar-refractivity contribution in [1.82, 2.24) is 14.6 Å². The second-order valence-electron chi connectivity index (χ2n) is 3.58. The lowest BCUT2D eigenvalue weighted by atomic mass is 10.2. The first-order chi connectivity index (χ1) is 8.25. The van der Waals surface area contributed by atoms with E-state index in [4.69, 9.17) is 11.6 Å². The zero-order valence-electron chi connectivity index (χ0n) is 8.64. The van der Waals surface area contributed by atoms with E-state index in [0.717, 1.165) is 21.6 Å². The molecule has 3 nitrogen and oxygen atoms in total. The standard InChI is InChI=1S/C12H7BrClN3/c13-10-5-2-6-11-15-16-12(17(10)11)8-3-1-4-9(14)7-8/h1-7H. The number of hydrogen-bond donors (Lipinski definition) is 0. The van der Waals surface area contributed by atoms with Crippen LogP contribution < -0.4 is 0 Å². The fourth-order valence-corrected chi connectivity index (χ4v) is 2.41. The molecule has 0 saturated carbocycles. The molecule has 0 aliphatic carbocycles. The predicted molar refractivity (Wildman–Crippen MR) is 71.1 cm³/mol. The van der Waals surface area contributed by atoms with Gasteiger partial charge in [0.05, 0.1) is 4.60 Å². The smallest absolute Gasteiger partial charge is 0.169 e. The fraction of sp³-hybridized carbons (Fsp3) is 0. The molecule has 2 heterocycles. The molecule has 0 aliphatic rings. The summed E-state index contributed by atoms with van der Waals surface area (Å²) in [6, 6.07) is 13.4. The second-order valence-corrected chi connectivity index (χ2v) is 4.82. The van der Waals surface area contributed by atoms with Crippen LogP contribution in [0.25, 0.3) is 17.0 Å². The van der Waals surface area contributed by atoms with Crippen LogP contribution in [0, 0.1) is 0 Å². The maximum Gasteiger partial charge on any atom is 0.169 e. The molecule has 0 bridgehead atoms. The van der Waals surface area contributed by atoms with E-state index in [-0.39, 0.29) is 0 Å². The van der Waals surface area contributed by atoms with E-state index in [0.29, 0.717) is 5.02 Å². The number of aromatic nitrogens is 3. The van der Waals surface area contributed by atoms with E-state index >= 15 is 0 Å². The van der Waals surface area contributed by atoms with Gasteiger partial charge in [0.1, 0.15) is 0 Å². The number of halogens is 2. The van der Waals surface area contributed by atoms with Crippen LogP contribution in [0.1, 0.15) is 0 Å². The third-order valence-electron chi connectivity index (χ3n) is 2.46. The van der Waals surface area contributed by atoms with Crippen molar-refractivity contribution >= 4 is 33.2 Å². The Morgan fingerprint density at radius 3 is 2.71 bits per heavy atom. The quantitative estimate of drug-likeness (QED) is 0.640. The number of rotatable bonds is 1. The Kier molecular flexibility index (Phi) is 2.61. The maximum atomic E-state index is 5.98. The van der Waals surface area contributed by atoms with Crippen LogP contribution in [0.5, 0.6) is 0 Å². The molecular weight excluding hydrogens is 302 g/mol. The average Bonchev–Trinajstić information content (AvgIpc) is 2.74. The first kappa shape index (κ1) is 10.7. The van der Waals surface area contributed by atoms with E-state index in [1.54, 1.807) is 0 Å². The number of fused-ring (bicyclic) bond motifs is 1. The van der Waals surface area contributed by atoms with Gasteiger partial charge >= 0.3 is 0 Å². The molecule has 0 N–H and O–H groups in total. The van der Waals surface area contributed by atoms with E-state index in [1.165, 1.54) is 0 Å². The molecule has 0 radical (unpaired) electrons. The predicted octanol–water partition coefficient (Wildman–Crippen LogP) is 3.81. The van der Waals surface area contributed by atoms with Gasteiger partial charge in [-0.2, -0.15) is 0 Å². The van der Waals surface area contributed by atoms with Crippen molar-refractivity contribution in [3.05, 3.63) is 52.1 Å². The van der Waals surface area contributed by atoms with Crippen molar-refractivity contribution < 1.29 is 0 Å². The van der Waals surface area contributed by atoms with Crippen LogP contribution in [0.15, 0.2) is 47.1 Å². The zero-order valence-corrected chi connectivity index (χ0v) is 11.0. The molecule has 17 heavy (non-hydrogen) atoms. The van der Waals surface area contributed by atoms with Gasteiger partial charge in [0.25, 0.3) is 0 Å². The molecule has 1 aromatic carbocycles. The third kappa shape index (κ3) is 1.83. The minimum absolute atomic E-state index is 0.686. The Bertz CT molecular complexity index is 693. The number of benzene rings is 1. The third-order valence-corrected chi connectivity index (χ3v) is 3.32. The van der Waals surface area contributed by atoms with E-state index in [2.05, 4.69) is 26.1 Å². The van der Waals surface area contributed by atoms with E-state index in [9.17, 15) is 0 Å². The highest BCUT2D eigenvalue weighted by atomic mass is 79.9. The number of hydrogen-bond acceptors (Lipinski definition) is 2. The molecule has 0 fully saturated rings. The molecule has 0 aliphatic heterocycles. The highest BCUT2D eigenvalue weighted by Crippen LogP contribution is 2.24. The van der Waals surface area contributed by atoms with Gasteiger partial charge in [-0.3, -0.25) is 4.40 Å². The largest absolute Gasteiger partial charge is 0.269 e. The Morgan fingerprint density at radius 1 is 1.06 bits per heavy atom. The Labute approximate surface area is 111 Å². The summed E-state index contributed by atoms with van der Waals surface area (Å²) in [6.45, 7) is 0. The van der Waals surface area contributed by atoms with Gasteiger partial charge < -0.3 is 0 Å². The maximum absolute atomic E-state index is 5.98. The van der Waals surface area contributed by atoms with Gasteiger partial charge in [-0.1, -0.05) is 29.8 Å². The van der Waals surface area contributed by atoms with Crippen molar-refractivity contribution in [2.24, 2.45) is 0 Å². The number of nitrogens with zero attached hydrogens (tertiary/aromatic N) is 3. The van der Waals surface area contributed by atoms with Gasteiger partial charge in [0.15, 0.2) is 11.5 Å². The zero-order chi connectivity index (χ0) is 11.8. The first-order valence-corrected chi connectivity index (χ1v) is 6.18. The van der Waals surface area contributed by atoms with Gasteiger partial charge in [-0.05, 0) is 40.2 Å². The van der Waals surface area contributed by atoms with Crippen molar-refractivity contribution in [2.75, 3.05) is 0 Å². The summed E-state index contributed by atoms with van der Waals surface area (Å²) in [5.74, 6) is 0.773. The summed E-state index contributed by atoms with van der Waals surface area (Å²) in [6.07, 6.45) is 0. The summed E-state index contributed by atoms with van der Waals surface area (Å²) in [5.41, 5.74) is 1.74. The summed E-state index contributed by atoms with van der Waals surface area (Å²) >= 11 is 9.48. The van der Waals surface area contributed by atoms with Gasteiger partial charge in [-0.25, -0.2) is 0 Å². The Balaban J connectivity index is 2.31. The minimum atomic E-state index is 0.686. The van der Waals surface area contributed by atoms with E-state index < -0.39 is 0 Å². The lowest BCUT2D eigenvalue weighted by Crippen LogP contribution is -1.91. The van der Waals surface area contributed by atoms with Crippen molar-refractivity contribution in [1.29, 1.82) is 0 Å². The normalized spacial score (nSPS) is 10.9. The molecule has 5 heteroatoms. The van der Waals surface area contributed by atoms with E-state index in [1.807, 2.05) is 46.9 Å².